The first-order chi connectivity index (χ1) is 13.6. The molecular weight excluding hydrogens is 392 g/mol. The maximum Gasteiger partial charge on any atom is 0.305 e. The van der Waals surface area contributed by atoms with Crippen molar-refractivity contribution in [3.8, 4) is 0 Å². The molecule has 2 aliphatic heterocycles. The number of H-pyrrole nitrogens is 1. The zero-order chi connectivity index (χ0) is 19.4. The van der Waals surface area contributed by atoms with E-state index in [9.17, 15) is 14.4 Å². The maximum atomic E-state index is 13.5. The second-order valence-corrected chi connectivity index (χ2v) is 9.12. The molecule has 1 N–H and O–H groups in total. The van der Waals surface area contributed by atoms with Crippen LogP contribution in [-0.2, 0) is 9.59 Å². The minimum atomic E-state index is -0.546. The van der Waals surface area contributed by atoms with Gasteiger partial charge in [-0.05, 0) is 30.2 Å². The summed E-state index contributed by atoms with van der Waals surface area (Å²) in [5.74, 6) is -1.26. The molecule has 2 aromatic carbocycles. The van der Waals surface area contributed by atoms with E-state index in [0.29, 0.717) is 10.7 Å². The van der Waals surface area contributed by atoms with E-state index in [0.717, 1.165) is 27.3 Å². The van der Waals surface area contributed by atoms with Gasteiger partial charge in [0.15, 0.2) is 0 Å². The number of rotatable bonds is 2. The largest absolute Gasteiger partial charge is 0.307 e. The fraction of sp³-hybridized carbons (Fsp3) is 0.190. The first-order valence-corrected chi connectivity index (χ1v) is 10.6. The van der Waals surface area contributed by atoms with Crippen LogP contribution in [0.5, 0.6) is 0 Å². The summed E-state index contributed by atoms with van der Waals surface area (Å²) in [6.07, 6.45) is 0. The first kappa shape index (κ1) is 17.5. The predicted molar refractivity (Wildman–Crippen MR) is 110 cm³/mol. The minimum Gasteiger partial charge on any atom is -0.307 e. The molecule has 0 saturated carbocycles. The summed E-state index contributed by atoms with van der Waals surface area (Å²) in [5, 5.41) is 0.163. The van der Waals surface area contributed by atoms with Gasteiger partial charge in [0.25, 0.3) is 0 Å². The lowest BCUT2D eigenvalue weighted by molar-refractivity contribution is -0.122. The number of nitrogens with zero attached hydrogens (tertiary/aromatic N) is 1. The highest BCUT2D eigenvalue weighted by molar-refractivity contribution is 8.00. The SMILES string of the molecule is Cc1ccccc1[C@@H]1c2sc(=O)[nH]c2S[C@H]2C(=O)N(c3ccccc3)C(=O)[C@@H]12. The summed E-state index contributed by atoms with van der Waals surface area (Å²) < 4.78 is 0. The van der Waals surface area contributed by atoms with Crippen LogP contribution in [0.2, 0.25) is 0 Å². The molecule has 140 valence electrons. The fourth-order valence-electron chi connectivity index (χ4n) is 4.12. The van der Waals surface area contributed by atoms with Crippen molar-refractivity contribution in [3.05, 3.63) is 80.3 Å². The highest BCUT2D eigenvalue weighted by Gasteiger charge is 2.56. The molecule has 7 heteroatoms. The molecular formula is C21H16N2O3S2. The zero-order valence-electron chi connectivity index (χ0n) is 14.9. The molecule has 3 atom stereocenters. The number of carbonyl (C=O) groups is 2. The third-order valence-electron chi connectivity index (χ3n) is 5.36. The van der Waals surface area contributed by atoms with Crippen molar-refractivity contribution >= 4 is 40.6 Å². The number of anilines is 1. The molecule has 0 spiro atoms. The standard InChI is InChI=1S/C21H16N2O3S2/c1-11-7-5-6-10-13(11)14-15-17(27-18-16(14)28-21(26)22-18)20(25)23(19(15)24)12-8-3-2-4-9-12/h2-10,14-15,17H,1H3,(H,22,26)/t14-,15-,17+/m0/s1. The number of thiazole rings is 1. The number of para-hydroxylation sites is 1. The van der Waals surface area contributed by atoms with Gasteiger partial charge in [0.05, 0.1) is 16.6 Å². The van der Waals surface area contributed by atoms with Gasteiger partial charge in [-0.25, -0.2) is 4.90 Å². The molecule has 0 unspecified atom stereocenters. The fourth-order valence-corrected chi connectivity index (χ4v) is 6.63. The molecule has 0 bridgehead atoms. The predicted octanol–water partition coefficient (Wildman–Crippen LogP) is 3.54. The third-order valence-corrected chi connectivity index (χ3v) is 7.76. The molecule has 5 nitrogen and oxygen atoms in total. The van der Waals surface area contributed by atoms with E-state index in [4.69, 9.17) is 0 Å². The van der Waals surface area contributed by atoms with Crippen LogP contribution in [0.1, 0.15) is 21.9 Å². The summed E-state index contributed by atoms with van der Waals surface area (Å²) in [4.78, 5) is 43.6. The molecule has 1 saturated heterocycles. The Morgan fingerprint density at radius 1 is 0.929 bits per heavy atom. The minimum absolute atomic E-state index is 0.157. The van der Waals surface area contributed by atoms with Crippen molar-refractivity contribution in [1.29, 1.82) is 0 Å². The lowest BCUT2D eigenvalue weighted by atomic mass is 9.81. The van der Waals surface area contributed by atoms with Gasteiger partial charge in [0.2, 0.25) is 11.8 Å². The van der Waals surface area contributed by atoms with Crippen molar-refractivity contribution in [2.24, 2.45) is 5.92 Å². The number of aryl methyl sites for hydroxylation is 1. The van der Waals surface area contributed by atoms with Crippen LogP contribution in [0.15, 0.2) is 64.4 Å². The van der Waals surface area contributed by atoms with E-state index < -0.39 is 11.2 Å². The Bertz CT molecular complexity index is 1150. The Labute approximate surface area is 169 Å². The van der Waals surface area contributed by atoms with Crippen LogP contribution in [0.3, 0.4) is 0 Å². The monoisotopic (exact) mass is 408 g/mol. The quantitative estimate of drug-likeness (QED) is 0.659. The molecule has 5 rings (SSSR count). The van der Waals surface area contributed by atoms with Crippen LogP contribution in [0, 0.1) is 12.8 Å². The van der Waals surface area contributed by atoms with Gasteiger partial charge in [-0.1, -0.05) is 65.6 Å². The summed E-state index contributed by atoms with van der Waals surface area (Å²) in [6, 6.07) is 16.9. The Balaban J connectivity index is 1.69. The van der Waals surface area contributed by atoms with E-state index in [1.54, 1.807) is 12.1 Å². The van der Waals surface area contributed by atoms with Gasteiger partial charge in [-0.2, -0.15) is 0 Å². The summed E-state index contributed by atoms with van der Waals surface area (Å²) in [7, 11) is 0. The van der Waals surface area contributed by atoms with Crippen molar-refractivity contribution in [1.82, 2.24) is 4.98 Å². The van der Waals surface area contributed by atoms with Gasteiger partial charge in [0.1, 0.15) is 5.25 Å². The average molecular weight is 409 g/mol. The highest BCUT2D eigenvalue weighted by Crippen LogP contribution is 2.53. The van der Waals surface area contributed by atoms with Gasteiger partial charge < -0.3 is 4.98 Å². The second kappa shape index (κ2) is 6.46. The van der Waals surface area contributed by atoms with Crippen LogP contribution in [0.25, 0.3) is 0 Å². The van der Waals surface area contributed by atoms with Crippen LogP contribution < -0.4 is 9.77 Å². The molecule has 3 aromatic rings. The van der Waals surface area contributed by atoms with Crippen molar-refractivity contribution in [3.63, 3.8) is 0 Å². The normalized spacial score (nSPS) is 23.6. The number of thioether (sulfide) groups is 1. The molecule has 2 aliphatic rings. The maximum absolute atomic E-state index is 13.5. The van der Waals surface area contributed by atoms with E-state index in [1.165, 1.54) is 16.7 Å². The number of fused-ring (bicyclic) bond motifs is 2. The zero-order valence-corrected chi connectivity index (χ0v) is 16.5. The van der Waals surface area contributed by atoms with Crippen molar-refractivity contribution in [2.75, 3.05) is 4.90 Å². The van der Waals surface area contributed by atoms with Crippen LogP contribution >= 0.6 is 23.1 Å². The van der Waals surface area contributed by atoms with E-state index in [1.807, 2.05) is 49.4 Å². The smallest absolute Gasteiger partial charge is 0.305 e. The Kier molecular flexibility index (Phi) is 4.03. The lowest BCUT2D eigenvalue weighted by Crippen LogP contribution is -2.32. The number of hydrogen-bond acceptors (Lipinski definition) is 5. The van der Waals surface area contributed by atoms with Gasteiger partial charge in [0, 0.05) is 10.8 Å². The Morgan fingerprint density at radius 2 is 1.64 bits per heavy atom. The Morgan fingerprint density at radius 3 is 2.39 bits per heavy atom. The van der Waals surface area contributed by atoms with E-state index in [2.05, 4.69) is 4.98 Å². The number of carbonyl (C=O) groups excluding carboxylic acids is 2. The summed E-state index contributed by atoms with van der Waals surface area (Å²) in [6.45, 7) is 2.00. The van der Waals surface area contributed by atoms with Gasteiger partial charge in [-0.15, -0.1) is 0 Å². The topological polar surface area (TPSA) is 70.2 Å². The summed E-state index contributed by atoms with van der Waals surface area (Å²) in [5.41, 5.74) is 2.63. The molecule has 0 radical (unpaired) electrons. The number of imide groups is 1. The van der Waals surface area contributed by atoms with E-state index >= 15 is 0 Å². The highest BCUT2D eigenvalue weighted by atomic mass is 32.2. The molecule has 1 fully saturated rings. The van der Waals surface area contributed by atoms with E-state index in [-0.39, 0.29) is 22.6 Å². The number of nitrogens with one attached hydrogen (secondary N) is 1. The van der Waals surface area contributed by atoms with Gasteiger partial charge in [-0.3, -0.25) is 14.4 Å². The number of amides is 2. The molecule has 2 amide bonds. The lowest BCUT2D eigenvalue weighted by Gasteiger charge is -2.30. The second-order valence-electron chi connectivity index (χ2n) is 6.95. The van der Waals surface area contributed by atoms with Gasteiger partial charge >= 0.3 is 4.87 Å². The summed E-state index contributed by atoms with van der Waals surface area (Å²) >= 11 is 2.44. The number of benzene rings is 2. The molecule has 28 heavy (non-hydrogen) atoms. The molecule has 1 aromatic heterocycles. The van der Waals surface area contributed by atoms with Crippen LogP contribution in [0.4, 0.5) is 5.69 Å². The molecule has 3 heterocycles. The number of hydrogen-bond donors (Lipinski definition) is 1. The van der Waals surface area contributed by atoms with Crippen molar-refractivity contribution < 1.29 is 9.59 Å². The average Bonchev–Trinajstić information content (AvgIpc) is 3.18. The number of aromatic amines is 1. The van der Waals surface area contributed by atoms with Crippen molar-refractivity contribution in [2.45, 2.75) is 23.1 Å². The number of aromatic nitrogens is 1. The third kappa shape index (κ3) is 2.50. The Hall–Kier alpha value is -2.64. The molecule has 0 aliphatic carbocycles. The van der Waals surface area contributed by atoms with Crippen LogP contribution in [-0.4, -0.2) is 22.0 Å². The first-order valence-electron chi connectivity index (χ1n) is 8.94.